The molecule has 0 bridgehead atoms. The minimum Gasteiger partial charge on any atom is -0.355 e. The summed E-state index contributed by atoms with van der Waals surface area (Å²) in [6, 6.07) is 7.78. The van der Waals surface area contributed by atoms with Gasteiger partial charge in [-0.05, 0) is 56.1 Å². The van der Waals surface area contributed by atoms with Crippen LogP contribution in [-0.4, -0.2) is 31.3 Å². The Labute approximate surface area is 129 Å². The Hall–Kier alpha value is -0.710. The average molecular weight is 313 g/mol. The van der Waals surface area contributed by atoms with Crippen LogP contribution in [0.25, 0.3) is 0 Å². The third-order valence-electron chi connectivity index (χ3n) is 3.45. The molecule has 2 N–H and O–H groups in total. The highest BCUT2D eigenvalue weighted by molar-refractivity contribution is 7.99. The molecule has 1 heterocycles. The molecule has 1 aliphatic heterocycles. The zero-order chi connectivity index (χ0) is 14.2. The van der Waals surface area contributed by atoms with Gasteiger partial charge in [-0.15, -0.1) is 11.8 Å². The second-order valence-electron chi connectivity index (χ2n) is 5.05. The molecule has 1 unspecified atom stereocenters. The summed E-state index contributed by atoms with van der Waals surface area (Å²) >= 11 is 7.56. The number of carbonyl (C=O) groups excluding carboxylic acids is 1. The number of hydrogen-bond donors (Lipinski definition) is 2. The van der Waals surface area contributed by atoms with Crippen molar-refractivity contribution in [1.29, 1.82) is 0 Å². The van der Waals surface area contributed by atoms with E-state index in [1.54, 1.807) is 11.8 Å². The average Bonchev–Trinajstić information content (AvgIpc) is 2.96. The molecular weight excluding hydrogens is 292 g/mol. The van der Waals surface area contributed by atoms with E-state index in [1.165, 1.54) is 11.3 Å². The summed E-state index contributed by atoms with van der Waals surface area (Å²) in [5.41, 5.74) is 0. The maximum Gasteiger partial charge on any atom is 0.220 e. The van der Waals surface area contributed by atoms with Gasteiger partial charge in [0.05, 0.1) is 0 Å². The predicted octanol–water partition coefficient (Wildman–Crippen LogP) is 2.94. The van der Waals surface area contributed by atoms with E-state index in [-0.39, 0.29) is 5.91 Å². The molecule has 1 amide bonds. The van der Waals surface area contributed by atoms with Crippen molar-refractivity contribution in [3.05, 3.63) is 29.3 Å². The summed E-state index contributed by atoms with van der Waals surface area (Å²) in [5, 5.41) is 7.06. The quantitative estimate of drug-likeness (QED) is 0.601. The highest BCUT2D eigenvalue weighted by Crippen LogP contribution is 2.19. The van der Waals surface area contributed by atoms with E-state index in [4.69, 9.17) is 11.6 Å². The minimum atomic E-state index is 0.175. The molecule has 0 aromatic heterocycles. The smallest absolute Gasteiger partial charge is 0.220 e. The first kappa shape index (κ1) is 15.7. The van der Waals surface area contributed by atoms with Crippen LogP contribution in [-0.2, 0) is 4.79 Å². The van der Waals surface area contributed by atoms with Gasteiger partial charge >= 0.3 is 0 Å². The molecular formula is C15H21ClN2OS. The van der Waals surface area contributed by atoms with Gasteiger partial charge < -0.3 is 10.6 Å². The second kappa shape index (κ2) is 8.55. The van der Waals surface area contributed by atoms with Gasteiger partial charge in [0.15, 0.2) is 0 Å². The van der Waals surface area contributed by atoms with Crippen LogP contribution >= 0.6 is 23.4 Å². The highest BCUT2D eigenvalue weighted by atomic mass is 35.5. The number of hydrogen-bond acceptors (Lipinski definition) is 3. The molecule has 0 saturated carbocycles. The van der Waals surface area contributed by atoms with E-state index < -0.39 is 0 Å². The molecule has 110 valence electrons. The number of carbonyl (C=O) groups is 1. The van der Waals surface area contributed by atoms with Gasteiger partial charge in [-0.25, -0.2) is 0 Å². The zero-order valence-corrected chi connectivity index (χ0v) is 13.1. The molecule has 1 aliphatic rings. The van der Waals surface area contributed by atoms with Crippen LogP contribution in [0, 0.1) is 5.92 Å². The third-order valence-corrected chi connectivity index (χ3v) is 4.71. The molecule has 3 nitrogen and oxygen atoms in total. The van der Waals surface area contributed by atoms with Crippen molar-refractivity contribution in [2.75, 3.05) is 25.4 Å². The molecule has 1 fully saturated rings. The Balaban J connectivity index is 1.53. The summed E-state index contributed by atoms with van der Waals surface area (Å²) in [6.07, 6.45) is 2.86. The lowest BCUT2D eigenvalue weighted by atomic mass is 10.0. The summed E-state index contributed by atoms with van der Waals surface area (Å²) in [7, 11) is 0. The van der Waals surface area contributed by atoms with Crippen LogP contribution < -0.4 is 10.6 Å². The van der Waals surface area contributed by atoms with Crippen molar-refractivity contribution in [2.45, 2.75) is 24.2 Å². The number of halogens is 1. The molecule has 0 aliphatic carbocycles. The summed E-state index contributed by atoms with van der Waals surface area (Å²) in [5.74, 6) is 1.75. The fraction of sp³-hybridized carbons (Fsp3) is 0.533. The van der Waals surface area contributed by atoms with E-state index in [2.05, 4.69) is 10.6 Å². The van der Waals surface area contributed by atoms with E-state index in [9.17, 15) is 4.79 Å². The largest absolute Gasteiger partial charge is 0.355 e. The fourth-order valence-electron chi connectivity index (χ4n) is 2.27. The standard InChI is InChI=1S/C15H21ClN2OS/c16-13-2-4-14(5-3-13)20-10-9-18-15(19)6-1-12-7-8-17-11-12/h2-5,12,17H,1,6-11H2,(H,18,19). The van der Waals surface area contributed by atoms with E-state index in [1.807, 2.05) is 24.3 Å². The first-order valence-electron chi connectivity index (χ1n) is 7.10. The van der Waals surface area contributed by atoms with Crippen LogP contribution in [0.1, 0.15) is 19.3 Å². The fourth-order valence-corrected chi connectivity index (χ4v) is 3.17. The van der Waals surface area contributed by atoms with Crippen molar-refractivity contribution >= 4 is 29.3 Å². The van der Waals surface area contributed by atoms with Gasteiger partial charge in [0, 0.05) is 28.6 Å². The van der Waals surface area contributed by atoms with Gasteiger partial charge in [-0.3, -0.25) is 4.79 Å². The van der Waals surface area contributed by atoms with Crippen LogP contribution in [0.3, 0.4) is 0 Å². The molecule has 5 heteroatoms. The van der Waals surface area contributed by atoms with Gasteiger partial charge in [-0.2, -0.15) is 0 Å². The Morgan fingerprint density at radius 1 is 1.40 bits per heavy atom. The first-order valence-corrected chi connectivity index (χ1v) is 8.46. The van der Waals surface area contributed by atoms with Crippen molar-refractivity contribution in [3.8, 4) is 0 Å². The Morgan fingerprint density at radius 2 is 2.20 bits per heavy atom. The first-order chi connectivity index (χ1) is 9.74. The van der Waals surface area contributed by atoms with Gasteiger partial charge in [0.1, 0.15) is 0 Å². The summed E-state index contributed by atoms with van der Waals surface area (Å²) in [4.78, 5) is 12.9. The zero-order valence-electron chi connectivity index (χ0n) is 11.5. The monoisotopic (exact) mass is 312 g/mol. The number of nitrogens with one attached hydrogen (secondary N) is 2. The maximum atomic E-state index is 11.7. The lowest BCUT2D eigenvalue weighted by molar-refractivity contribution is -0.121. The molecule has 1 atom stereocenters. The lowest BCUT2D eigenvalue weighted by Crippen LogP contribution is -2.26. The van der Waals surface area contributed by atoms with Crippen molar-refractivity contribution in [2.24, 2.45) is 5.92 Å². The van der Waals surface area contributed by atoms with Crippen LogP contribution in [0.5, 0.6) is 0 Å². The molecule has 2 rings (SSSR count). The SMILES string of the molecule is O=C(CCC1CCNC1)NCCSc1ccc(Cl)cc1. The maximum absolute atomic E-state index is 11.7. The lowest BCUT2D eigenvalue weighted by Gasteiger charge is -2.08. The summed E-state index contributed by atoms with van der Waals surface area (Å²) < 4.78 is 0. The van der Waals surface area contributed by atoms with E-state index >= 15 is 0 Å². The van der Waals surface area contributed by atoms with Gasteiger partial charge in [0.25, 0.3) is 0 Å². The highest BCUT2D eigenvalue weighted by Gasteiger charge is 2.15. The van der Waals surface area contributed by atoms with Gasteiger partial charge in [0.2, 0.25) is 5.91 Å². The number of thioether (sulfide) groups is 1. The van der Waals surface area contributed by atoms with Crippen LogP contribution in [0.15, 0.2) is 29.2 Å². The molecule has 20 heavy (non-hydrogen) atoms. The minimum absolute atomic E-state index is 0.175. The topological polar surface area (TPSA) is 41.1 Å². The van der Waals surface area contributed by atoms with Gasteiger partial charge in [-0.1, -0.05) is 11.6 Å². The van der Waals surface area contributed by atoms with Crippen molar-refractivity contribution in [3.63, 3.8) is 0 Å². The molecule has 1 aromatic rings. The molecule has 1 aromatic carbocycles. The van der Waals surface area contributed by atoms with E-state index in [0.717, 1.165) is 36.8 Å². The normalized spacial score (nSPS) is 18.1. The second-order valence-corrected chi connectivity index (χ2v) is 6.65. The Bertz CT molecular complexity index is 418. The van der Waals surface area contributed by atoms with Crippen LogP contribution in [0.4, 0.5) is 0 Å². The molecule has 0 spiro atoms. The van der Waals surface area contributed by atoms with E-state index in [0.29, 0.717) is 12.3 Å². The Morgan fingerprint density at radius 3 is 2.90 bits per heavy atom. The van der Waals surface area contributed by atoms with Crippen molar-refractivity contribution in [1.82, 2.24) is 10.6 Å². The summed E-state index contributed by atoms with van der Waals surface area (Å²) in [6.45, 7) is 2.89. The predicted molar refractivity (Wildman–Crippen MR) is 85.4 cm³/mol. The van der Waals surface area contributed by atoms with Crippen LogP contribution in [0.2, 0.25) is 5.02 Å². The Kier molecular flexibility index (Phi) is 6.70. The number of amides is 1. The van der Waals surface area contributed by atoms with Crippen molar-refractivity contribution < 1.29 is 4.79 Å². The third kappa shape index (κ3) is 5.73. The molecule has 0 radical (unpaired) electrons. The molecule has 1 saturated heterocycles. The number of benzene rings is 1. The number of rotatable bonds is 7.